The minimum Gasteiger partial charge on any atom is -0.342 e. The molecule has 1 saturated heterocycles. The molecule has 2 aliphatic rings. The molecule has 1 atom stereocenters. The Balaban J connectivity index is 1.54. The number of rotatable bonds is 4. The Hall–Kier alpha value is -2.17. The van der Waals surface area contributed by atoms with Gasteiger partial charge in [0.1, 0.15) is 0 Å². The van der Waals surface area contributed by atoms with Gasteiger partial charge in [0, 0.05) is 26.1 Å². The van der Waals surface area contributed by atoms with Crippen LogP contribution in [0.4, 0.5) is 0 Å². The van der Waals surface area contributed by atoms with Gasteiger partial charge in [0.2, 0.25) is 5.91 Å². The van der Waals surface area contributed by atoms with Crippen molar-refractivity contribution in [2.45, 2.75) is 26.2 Å². The fourth-order valence-corrected chi connectivity index (χ4v) is 3.15. The molecule has 116 valence electrons. The van der Waals surface area contributed by atoms with E-state index in [2.05, 4.69) is 6.92 Å². The van der Waals surface area contributed by atoms with E-state index in [-0.39, 0.29) is 17.7 Å². The highest BCUT2D eigenvalue weighted by Gasteiger charge is 2.34. The van der Waals surface area contributed by atoms with Crippen LogP contribution in [-0.4, -0.2) is 47.2 Å². The fraction of sp³-hybridized carbons (Fsp3) is 0.471. The van der Waals surface area contributed by atoms with Crippen LogP contribution in [-0.2, 0) is 4.79 Å². The molecule has 5 heteroatoms. The van der Waals surface area contributed by atoms with Gasteiger partial charge in [0.25, 0.3) is 11.8 Å². The largest absolute Gasteiger partial charge is 0.342 e. The smallest absolute Gasteiger partial charge is 0.261 e. The quantitative estimate of drug-likeness (QED) is 0.798. The van der Waals surface area contributed by atoms with Crippen molar-refractivity contribution in [3.63, 3.8) is 0 Å². The van der Waals surface area contributed by atoms with Gasteiger partial charge in [0.05, 0.1) is 11.1 Å². The van der Waals surface area contributed by atoms with Gasteiger partial charge in [-0.15, -0.1) is 0 Å². The number of imide groups is 1. The molecule has 0 spiro atoms. The van der Waals surface area contributed by atoms with Gasteiger partial charge in [-0.05, 0) is 30.9 Å². The molecular formula is C17H20N2O3. The molecule has 0 radical (unpaired) electrons. The summed E-state index contributed by atoms with van der Waals surface area (Å²) in [5, 5.41) is 0. The van der Waals surface area contributed by atoms with Crippen LogP contribution in [0, 0.1) is 5.92 Å². The van der Waals surface area contributed by atoms with Gasteiger partial charge in [0.15, 0.2) is 0 Å². The van der Waals surface area contributed by atoms with Gasteiger partial charge < -0.3 is 4.90 Å². The molecule has 0 bridgehead atoms. The monoisotopic (exact) mass is 300 g/mol. The number of benzene rings is 1. The summed E-state index contributed by atoms with van der Waals surface area (Å²) in [5.41, 5.74) is 0.930. The van der Waals surface area contributed by atoms with E-state index in [4.69, 9.17) is 0 Å². The highest BCUT2D eigenvalue weighted by molar-refractivity contribution is 6.21. The van der Waals surface area contributed by atoms with E-state index in [1.54, 1.807) is 24.3 Å². The molecule has 2 aliphatic heterocycles. The third-order valence-corrected chi connectivity index (χ3v) is 4.43. The highest BCUT2D eigenvalue weighted by atomic mass is 16.2. The summed E-state index contributed by atoms with van der Waals surface area (Å²) in [4.78, 5) is 39.6. The normalized spacial score (nSPS) is 20.7. The zero-order valence-electron chi connectivity index (χ0n) is 12.7. The zero-order chi connectivity index (χ0) is 15.7. The third-order valence-electron chi connectivity index (χ3n) is 4.43. The third kappa shape index (κ3) is 2.63. The first-order chi connectivity index (χ1) is 10.6. The number of fused-ring (bicyclic) bond motifs is 1. The minimum atomic E-state index is -0.247. The van der Waals surface area contributed by atoms with Gasteiger partial charge in [-0.3, -0.25) is 19.3 Å². The SMILES string of the molecule is CC1CCN(C(=O)CCCN2C(=O)c3ccccc3C2=O)C1. The molecule has 22 heavy (non-hydrogen) atoms. The van der Waals surface area contributed by atoms with Gasteiger partial charge >= 0.3 is 0 Å². The number of hydrogen-bond donors (Lipinski definition) is 0. The number of hydrogen-bond acceptors (Lipinski definition) is 3. The van der Waals surface area contributed by atoms with Gasteiger partial charge in [-0.25, -0.2) is 0 Å². The molecule has 0 aromatic heterocycles. The molecule has 1 aromatic rings. The van der Waals surface area contributed by atoms with E-state index in [0.717, 1.165) is 19.5 Å². The van der Waals surface area contributed by atoms with Crippen LogP contribution in [0.25, 0.3) is 0 Å². The molecule has 3 rings (SSSR count). The Labute approximate surface area is 129 Å². The number of nitrogens with zero attached hydrogens (tertiary/aromatic N) is 2. The van der Waals surface area contributed by atoms with E-state index < -0.39 is 0 Å². The maximum Gasteiger partial charge on any atom is 0.261 e. The second-order valence-corrected chi connectivity index (χ2v) is 6.14. The average Bonchev–Trinajstić information content (AvgIpc) is 3.05. The summed E-state index contributed by atoms with van der Waals surface area (Å²) in [6.07, 6.45) is 1.97. The van der Waals surface area contributed by atoms with Crippen LogP contribution >= 0.6 is 0 Å². The summed E-state index contributed by atoms with van der Waals surface area (Å²) in [7, 11) is 0. The number of carbonyl (C=O) groups excluding carboxylic acids is 3. The van der Waals surface area contributed by atoms with Crippen molar-refractivity contribution < 1.29 is 14.4 Å². The lowest BCUT2D eigenvalue weighted by Gasteiger charge is -2.17. The fourth-order valence-electron chi connectivity index (χ4n) is 3.15. The molecule has 0 saturated carbocycles. The molecule has 3 amide bonds. The first-order valence-electron chi connectivity index (χ1n) is 7.81. The molecule has 0 N–H and O–H groups in total. The number of likely N-dealkylation sites (tertiary alicyclic amines) is 1. The van der Waals surface area contributed by atoms with E-state index in [1.807, 2.05) is 4.90 Å². The summed E-state index contributed by atoms with van der Waals surface area (Å²) < 4.78 is 0. The topological polar surface area (TPSA) is 57.7 Å². The molecule has 2 heterocycles. The number of carbonyl (C=O) groups is 3. The Morgan fingerprint density at radius 3 is 2.36 bits per heavy atom. The van der Waals surface area contributed by atoms with Crippen LogP contribution in [0.1, 0.15) is 46.9 Å². The van der Waals surface area contributed by atoms with Crippen LogP contribution in [0.2, 0.25) is 0 Å². The van der Waals surface area contributed by atoms with E-state index in [1.165, 1.54) is 4.90 Å². The molecule has 1 aromatic carbocycles. The molecule has 1 unspecified atom stereocenters. The lowest BCUT2D eigenvalue weighted by atomic mass is 10.1. The average molecular weight is 300 g/mol. The molecule has 0 aliphatic carbocycles. The maximum atomic E-state index is 12.2. The van der Waals surface area contributed by atoms with Crippen LogP contribution in [0.3, 0.4) is 0 Å². The van der Waals surface area contributed by atoms with E-state index in [0.29, 0.717) is 36.4 Å². The van der Waals surface area contributed by atoms with Crippen molar-refractivity contribution in [3.8, 4) is 0 Å². The van der Waals surface area contributed by atoms with Crippen molar-refractivity contribution in [2.75, 3.05) is 19.6 Å². The number of amides is 3. The van der Waals surface area contributed by atoms with Crippen molar-refractivity contribution in [1.82, 2.24) is 9.80 Å². The Morgan fingerprint density at radius 1 is 1.18 bits per heavy atom. The molecular weight excluding hydrogens is 280 g/mol. The summed E-state index contributed by atoms with van der Waals surface area (Å²) in [6, 6.07) is 6.86. The lowest BCUT2D eigenvalue weighted by molar-refractivity contribution is -0.130. The van der Waals surface area contributed by atoms with Crippen molar-refractivity contribution in [1.29, 1.82) is 0 Å². The summed E-state index contributed by atoms with van der Waals surface area (Å²) in [6.45, 7) is 4.10. The molecule has 1 fully saturated rings. The van der Waals surface area contributed by atoms with Crippen LogP contribution < -0.4 is 0 Å². The zero-order valence-corrected chi connectivity index (χ0v) is 12.7. The first-order valence-corrected chi connectivity index (χ1v) is 7.81. The van der Waals surface area contributed by atoms with Crippen molar-refractivity contribution >= 4 is 17.7 Å². The summed E-state index contributed by atoms with van der Waals surface area (Å²) in [5.74, 6) is 0.201. The van der Waals surface area contributed by atoms with E-state index in [9.17, 15) is 14.4 Å². The Kier molecular flexibility index (Phi) is 3.96. The van der Waals surface area contributed by atoms with Gasteiger partial charge in [-0.1, -0.05) is 19.1 Å². The minimum absolute atomic E-state index is 0.126. The first kappa shape index (κ1) is 14.8. The van der Waals surface area contributed by atoms with Crippen LogP contribution in [0.5, 0.6) is 0 Å². The second kappa shape index (κ2) is 5.91. The Bertz CT molecular complexity index is 591. The van der Waals surface area contributed by atoms with Crippen molar-refractivity contribution in [3.05, 3.63) is 35.4 Å². The molecule has 5 nitrogen and oxygen atoms in total. The van der Waals surface area contributed by atoms with Crippen molar-refractivity contribution in [2.24, 2.45) is 5.92 Å². The summed E-state index contributed by atoms with van der Waals surface area (Å²) >= 11 is 0. The maximum absolute atomic E-state index is 12.2. The highest BCUT2D eigenvalue weighted by Crippen LogP contribution is 2.23. The van der Waals surface area contributed by atoms with E-state index >= 15 is 0 Å². The van der Waals surface area contributed by atoms with Crippen LogP contribution in [0.15, 0.2) is 24.3 Å². The van der Waals surface area contributed by atoms with Gasteiger partial charge in [-0.2, -0.15) is 0 Å². The standard InChI is InChI=1S/C17H20N2O3/c1-12-8-10-18(11-12)15(20)7-4-9-19-16(21)13-5-2-3-6-14(13)17(19)22/h2-3,5-6,12H,4,7-11H2,1H3. The lowest BCUT2D eigenvalue weighted by Crippen LogP contribution is -2.33. The predicted octanol–water partition coefficient (Wildman–Crippen LogP) is 1.93. The second-order valence-electron chi connectivity index (χ2n) is 6.14. The predicted molar refractivity (Wildman–Crippen MR) is 81.4 cm³/mol. The Morgan fingerprint density at radius 2 is 1.82 bits per heavy atom.